The Morgan fingerprint density at radius 2 is 1.91 bits per heavy atom. The van der Waals surface area contributed by atoms with Crippen molar-refractivity contribution in [2.24, 2.45) is 0 Å². The lowest BCUT2D eigenvalue weighted by Crippen LogP contribution is -2.27. The van der Waals surface area contributed by atoms with Gasteiger partial charge in [0, 0.05) is 10.6 Å². The molecule has 1 aromatic carbocycles. The van der Waals surface area contributed by atoms with E-state index in [0.29, 0.717) is 12.1 Å². The van der Waals surface area contributed by atoms with Crippen molar-refractivity contribution in [3.05, 3.63) is 52.2 Å². The van der Waals surface area contributed by atoms with E-state index in [1.54, 1.807) is 35.6 Å². The smallest absolute Gasteiger partial charge is 0.229 e. The molecule has 5 nitrogen and oxygen atoms in total. The van der Waals surface area contributed by atoms with E-state index in [-0.39, 0.29) is 11.9 Å². The summed E-state index contributed by atoms with van der Waals surface area (Å²) in [5, 5.41) is 4.88. The Kier molecular flexibility index (Phi) is 5.20. The van der Waals surface area contributed by atoms with E-state index >= 15 is 0 Å². The standard InChI is InChI=1S/C15H18N2O3S2/c1-11(16-15(18)10-14-4-3-9-21-14)12-5-7-13(8-6-12)17-22(2,19)20/h3-9,11,17H,10H2,1-2H3,(H,16,18). The molecule has 7 heteroatoms. The topological polar surface area (TPSA) is 75.3 Å². The molecule has 0 aliphatic rings. The maximum Gasteiger partial charge on any atom is 0.229 e. The number of benzene rings is 1. The second-order valence-electron chi connectivity index (χ2n) is 5.04. The van der Waals surface area contributed by atoms with Gasteiger partial charge in [-0.2, -0.15) is 0 Å². The van der Waals surface area contributed by atoms with E-state index in [0.717, 1.165) is 16.7 Å². The molecule has 0 spiro atoms. The van der Waals surface area contributed by atoms with Gasteiger partial charge in [0.05, 0.1) is 18.7 Å². The number of carbonyl (C=O) groups excluding carboxylic acids is 1. The van der Waals surface area contributed by atoms with Gasteiger partial charge >= 0.3 is 0 Å². The van der Waals surface area contributed by atoms with Gasteiger partial charge in [-0.25, -0.2) is 8.42 Å². The quantitative estimate of drug-likeness (QED) is 0.850. The van der Waals surface area contributed by atoms with Crippen molar-refractivity contribution < 1.29 is 13.2 Å². The fraction of sp³-hybridized carbons (Fsp3) is 0.267. The van der Waals surface area contributed by atoms with E-state index in [2.05, 4.69) is 10.0 Å². The molecule has 0 aliphatic carbocycles. The molecule has 0 bridgehead atoms. The van der Waals surface area contributed by atoms with Gasteiger partial charge in [0.1, 0.15) is 0 Å². The molecule has 1 aromatic heterocycles. The van der Waals surface area contributed by atoms with Crippen molar-refractivity contribution in [1.29, 1.82) is 0 Å². The van der Waals surface area contributed by atoms with Crippen LogP contribution in [0.25, 0.3) is 0 Å². The molecule has 1 atom stereocenters. The van der Waals surface area contributed by atoms with Crippen molar-refractivity contribution in [3.63, 3.8) is 0 Å². The first-order valence-electron chi connectivity index (χ1n) is 6.73. The molecule has 2 aromatic rings. The average Bonchev–Trinajstić information content (AvgIpc) is 2.90. The highest BCUT2D eigenvalue weighted by molar-refractivity contribution is 7.92. The van der Waals surface area contributed by atoms with Gasteiger partial charge in [0.15, 0.2) is 0 Å². The number of rotatable bonds is 6. The number of thiophene rings is 1. The van der Waals surface area contributed by atoms with E-state index < -0.39 is 10.0 Å². The lowest BCUT2D eigenvalue weighted by molar-refractivity contribution is -0.121. The maximum atomic E-state index is 12.0. The molecular weight excluding hydrogens is 320 g/mol. The normalized spacial score (nSPS) is 12.6. The van der Waals surface area contributed by atoms with Crippen LogP contribution in [0.15, 0.2) is 41.8 Å². The first kappa shape index (κ1) is 16.5. The van der Waals surface area contributed by atoms with Gasteiger partial charge in [-0.3, -0.25) is 9.52 Å². The number of hydrogen-bond acceptors (Lipinski definition) is 4. The molecule has 118 valence electrons. The van der Waals surface area contributed by atoms with Crippen LogP contribution in [0.3, 0.4) is 0 Å². The van der Waals surface area contributed by atoms with Gasteiger partial charge in [-0.05, 0) is 36.1 Å². The molecule has 0 radical (unpaired) electrons. The lowest BCUT2D eigenvalue weighted by Gasteiger charge is -2.15. The van der Waals surface area contributed by atoms with Crippen LogP contribution in [0.5, 0.6) is 0 Å². The minimum Gasteiger partial charge on any atom is -0.349 e. The lowest BCUT2D eigenvalue weighted by atomic mass is 10.1. The maximum absolute atomic E-state index is 12.0. The molecule has 0 fully saturated rings. The third kappa shape index (κ3) is 5.16. The van der Waals surface area contributed by atoms with Crippen molar-refractivity contribution in [1.82, 2.24) is 5.32 Å². The molecule has 1 amide bonds. The van der Waals surface area contributed by atoms with Crippen LogP contribution >= 0.6 is 11.3 Å². The highest BCUT2D eigenvalue weighted by Gasteiger charge is 2.11. The van der Waals surface area contributed by atoms with Crippen LogP contribution in [-0.2, 0) is 21.2 Å². The summed E-state index contributed by atoms with van der Waals surface area (Å²) < 4.78 is 24.7. The Bertz CT molecular complexity index is 723. The van der Waals surface area contributed by atoms with Crippen molar-refractivity contribution in [2.45, 2.75) is 19.4 Å². The minimum absolute atomic E-state index is 0.0340. The largest absolute Gasteiger partial charge is 0.349 e. The number of amides is 1. The number of carbonyl (C=O) groups is 1. The fourth-order valence-corrected chi connectivity index (χ4v) is 3.27. The summed E-state index contributed by atoms with van der Waals surface area (Å²) in [6.45, 7) is 1.89. The molecule has 0 aliphatic heterocycles. The van der Waals surface area contributed by atoms with E-state index in [9.17, 15) is 13.2 Å². The third-order valence-corrected chi connectivity index (χ3v) is 4.49. The Hall–Kier alpha value is -1.86. The Balaban J connectivity index is 1.94. The average molecular weight is 338 g/mol. The zero-order valence-electron chi connectivity index (χ0n) is 12.4. The van der Waals surface area contributed by atoms with Crippen LogP contribution in [0.4, 0.5) is 5.69 Å². The van der Waals surface area contributed by atoms with Gasteiger partial charge in [-0.15, -0.1) is 11.3 Å². The Labute approximate surface area is 134 Å². The predicted molar refractivity (Wildman–Crippen MR) is 89.5 cm³/mol. The predicted octanol–water partition coefficient (Wildman–Crippen LogP) is 2.54. The highest BCUT2D eigenvalue weighted by Crippen LogP contribution is 2.17. The molecular formula is C15H18N2O3S2. The molecule has 2 rings (SSSR count). The summed E-state index contributed by atoms with van der Waals surface area (Å²) in [5.41, 5.74) is 1.42. The zero-order valence-corrected chi connectivity index (χ0v) is 14.0. The monoisotopic (exact) mass is 338 g/mol. The first-order chi connectivity index (χ1) is 10.3. The van der Waals surface area contributed by atoms with Crippen molar-refractivity contribution >= 4 is 33.0 Å². The minimum atomic E-state index is -3.28. The fourth-order valence-electron chi connectivity index (χ4n) is 2.00. The molecule has 22 heavy (non-hydrogen) atoms. The molecule has 1 unspecified atom stereocenters. The van der Waals surface area contributed by atoms with Crippen LogP contribution in [-0.4, -0.2) is 20.6 Å². The number of anilines is 1. The van der Waals surface area contributed by atoms with Crippen molar-refractivity contribution in [3.8, 4) is 0 Å². The summed E-state index contributed by atoms with van der Waals surface area (Å²) in [7, 11) is -3.28. The highest BCUT2D eigenvalue weighted by atomic mass is 32.2. The first-order valence-corrected chi connectivity index (χ1v) is 9.50. The Morgan fingerprint density at radius 1 is 1.23 bits per heavy atom. The summed E-state index contributed by atoms with van der Waals surface area (Å²) in [6, 6.07) is 10.7. The number of hydrogen-bond donors (Lipinski definition) is 2. The molecule has 0 saturated carbocycles. The summed E-state index contributed by atoms with van der Waals surface area (Å²) in [6.07, 6.45) is 1.48. The van der Waals surface area contributed by atoms with Gasteiger partial charge in [0.25, 0.3) is 0 Å². The molecule has 0 saturated heterocycles. The van der Waals surface area contributed by atoms with Crippen LogP contribution in [0.1, 0.15) is 23.4 Å². The third-order valence-electron chi connectivity index (χ3n) is 3.01. The molecule has 2 N–H and O–H groups in total. The summed E-state index contributed by atoms with van der Waals surface area (Å²) in [4.78, 5) is 13.0. The zero-order chi connectivity index (χ0) is 16.2. The summed E-state index contributed by atoms with van der Waals surface area (Å²) in [5.74, 6) is -0.0340. The van der Waals surface area contributed by atoms with E-state index in [4.69, 9.17) is 0 Å². The SMILES string of the molecule is CC(NC(=O)Cc1cccs1)c1ccc(NS(C)(=O)=O)cc1. The van der Waals surface area contributed by atoms with Gasteiger partial charge in [-0.1, -0.05) is 18.2 Å². The second-order valence-corrected chi connectivity index (χ2v) is 7.82. The molecule has 1 heterocycles. The van der Waals surface area contributed by atoms with E-state index in [1.807, 2.05) is 24.4 Å². The van der Waals surface area contributed by atoms with Crippen molar-refractivity contribution in [2.75, 3.05) is 11.0 Å². The van der Waals surface area contributed by atoms with Crippen LogP contribution in [0, 0.1) is 0 Å². The van der Waals surface area contributed by atoms with Crippen LogP contribution in [0.2, 0.25) is 0 Å². The van der Waals surface area contributed by atoms with Crippen LogP contribution < -0.4 is 10.0 Å². The number of sulfonamides is 1. The number of nitrogens with one attached hydrogen (secondary N) is 2. The summed E-state index contributed by atoms with van der Waals surface area (Å²) >= 11 is 1.56. The second kappa shape index (κ2) is 6.93. The Morgan fingerprint density at radius 3 is 2.45 bits per heavy atom. The van der Waals surface area contributed by atoms with Gasteiger partial charge in [0.2, 0.25) is 15.9 Å². The van der Waals surface area contributed by atoms with Gasteiger partial charge < -0.3 is 5.32 Å². The van der Waals surface area contributed by atoms with E-state index in [1.165, 1.54) is 0 Å².